The highest BCUT2D eigenvalue weighted by molar-refractivity contribution is 7.19. The van der Waals surface area contributed by atoms with E-state index in [0.717, 1.165) is 40.9 Å². The first-order valence-corrected chi connectivity index (χ1v) is 9.76. The average Bonchev–Trinajstić information content (AvgIpc) is 3.36. The number of fused-ring (bicyclic) bond motifs is 3. The minimum absolute atomic E-state index is 0.173. The van der Waals surface area contributed by atoms with Gasteiger partial charge in [-0.2, -0.15) is 0 Å². The van der Waals surface area contributed by atoms with E-state index in [1.165, 1.54) is 10.4 Å². The molecule has 1 saturated heterocycles. The summed E-state index contributed by atoms with van der Waals surface area (Å²) < 4.78 is 14.7. The van der Waals surface area contributed by atoms with Crippen LogP contribution in [0.3, 0.4) is 0 Å². The first kappa shape index (κ1) is 16.1. The van der Waals surface area contributed by atoms with Gasteiger partial charge in [0.05, 0.1) is 18.5 Å². The number of aliphatic hydroxyl groups excluding tert-OH is 1. The molecule has 0 aromatic carbocycles. The Labute approximate surface area is 154 Å². The zero-order valence-corrected chi connectivity index (χ0v) is 15.1. The van der Waals surface area contributed by atoms with Gasteiger partial charge in [-0.05, 0) is 37.0 Å². The fraction of sp³-hybridized carbons (Fsp3) is 0.421. The highest BCUT2D eigenvalue weighted by Gasteiger charge is 2.39. The number of thiophene rings is 1. The predicted molar refractivity (Wildman–Crippen MR) is 100 cm³/mol. The van der Waals surface area contributed by atoms with Gasteiger partial charge in [-0.25, -0.2) is 14.4 Å². The van der Waals surface area contributed by atoms with Crippen LogP contribution in [0.25, 0.3) is 21.6 Å². The number of aromatic nitrogens is 3. The van der Waals surface area contributed by atoms with Crippen LogP contribution in [0.4, 0.5) is 10.2 Å². The van der Waals surface area contributed by atoms with Crippen LogP contribution in [0.5, 0.6) is 0 Å². The zero-order chi connectivity index (χ0) is 17.7. The first-order chi connectivity index (χ1) is 12.7. The predicted octanol–water partition coefficient (Wildman–Crippen LogP) is 3.15. The molecule has 0 amide bonds. The van der Waals surface area contributed by atoms with Crippen molar-refractivity contribution in [2.75, 3.05) is 24.6 Å². The van der Waals surface area contributed by atoms with Crippen molar-refractivity contribution in [3.63, 3.8) is 0 Å². The van der Waals surface area contributed by atoms with E-state index in [2.05, 4.69) is 4.98 Å². The SMILES string of the molecule is OCC1(F)CCN(c2nc(-c3cccnc3)nc3sc4c(c23)CCC4)C1. The Balaban J connectivity index is 1.69. The van der Waals surface area contributed by atoms with E-state index in [1.807, 2.05) is 17.0 Å². The molecule has 3 aromatic rings. The molecule has 4 heterocycles. The smallest absolute Gasteiger partial charge is 0.164 e. The molecule has 134 valence electrons. The Morgan fingerprint density at radius 3 is 3.00 bits per heavy atom. The number of rotatable bonds is 3. The van der Waals surface area contributed by atoms with Gasteiger partial charge in [0.25, 0.3) is 0 Å². The van der Waals surface area contributed by atoms with Gasteiger partial charge in [0, 0.05) is 35.8 Å². The summed E-state index contributed by atoms with van der Waals surface area (Å²) in [5.74, 6) is 1.43. The maximum absolute atomic E-state index is 14.7. The highest BCUT2D eigenvalue weighted by atomic mass is 32.1. The molecule has 0 spiro atoms. The molecule has 1 N–H and O–H groups in total. The van der Waals surface area contributed by atoms with Crippen LogP contribution < -0.4 is 4.90 Å². The van der Waals surface area contributed by atoms with Crippen LogP contribution in [-0.2, 0) is 12.8 Å². The lowest BCUT2D eigenvalue weighted by molar-refractivity contribution is 0.0909. The van der Waals surface area contributed by atoms with Crippen LogP contribution >= 0.6 is 11.3 Å². The van der Waals surface area contributed by atoms with Gasteiger partial charge in [0.2, 0.25) is 0 Å². The van der Waals surface area contributed by atoms with Gasteiger partial charge >= 0.3 is 0 Å². The Kier molecular flexibility index (Phi) is 3.68. The van der Waals surface area contributed by atoms with Crippen LogP contribution in [0.2, 0.25) is 0 Å². The summed E-state index contributed by atoms with van der Waals surface area (Å²) >= 11 is 1.73. The Morgan fingerprint density at radius 1 is 1.31 bits per heavy atom. The van der Waals surface area contributed by atoms with Crippen molar-refractivity contribution in [2.24, 2.45) is 0 Å². The number of pyridine rings is 1. The van der Waals surface area contributed by atoms with Crippen molar-refractivity contribution in [1.29, 1.82) is 0 Å². The number of nitrogens with zero attached hydrogens (tertiary/aromatic N) is 4. The average molecular weight is 370 g/mol. The third kappa shape index (κ3) is 2.49. The quantitative estimate of drug-likeness (QED) is 0.767. The molecule has 1 aliphatic heterocycles. The summed E-state index contributed by atoms with van der Waals surface area (Å²) in [7, 11) is 0. The lowest BCUT2D eigenvalue weighted by Gasteiger charge is -2.21. The van der Waals surface area contributed by atoms with E-state index in [4.69, 9.17) is 9.97 Å². The van der Waals surface area contributed by atoms with Crippen molar-refractivity contribution in [3.05, 3.63) is 35.0 Å². The van der Waals surface area contributed by atoms with Gasteiger partial charge in [-0.15, -0.1) is 11.3 Å². The second-order valence-corrected chi connectivity index (χ2v) is 8.21. The minimum Gasteiger partial charge on any atom is -0.393 e. The number of aryl methyl sites for hydroxylation is 2. The first-order valence-electron chi connectivity index (χ1n) is 8.94. The normalized spacial score (nSPS) is 22.3. The van der Waals surface area contributed by atoms with Gasteiger partial charge in [-0.3, -0.25) is 4.98 Å². The second kappa shape index (κ2) is 5.96. The summed E-state index contributed by atoms with van der Waals surface area (Å²) in [5.41, 5.74) is 0.639. The zero-order valence-electron chi connectivity index (χ0n) is 14.3. The molecule has 5 rings (SSSR count). The van der Waals surface area contributed by atoms with E-state index in [9.17, 15) is 9.50 Å². The topological polar surface area (TPSA) is 62.1 Å². The Morgan fingerprint density at radius 2 is 2.23 bits per heavy atom. The molecule has 1 atom stereocenters. The molecule has 7 heteroatoms. The van der Waals surface area contributed by atoms with Crippen molar-refractivity contribution in [1.82, 2.24) is 15.0 Å². The molecule has 1 unspecified atom stereocenters. The number of anilines is 1. The van der Waals surface area contributed by atoms with Crippen LogP contribution in [0.1, 0.15) is 23.3 Å². The van der Waals surface area contributed by atoms with E-state index >= 15 is 0 Å². The van der Waals surface area contributed by atoms with E-state index in [-0.39, 0.29) is 6.54 Å². The molecule has 26 heavy (non-hydrogen) atoms. The van der Waals surface area contributed by atoms with Gasteiger partial charge in [-0.1, -0.05) is 0 Å². The lowest BCUT2D eigenvalue weighted by Crippen LogP contribution is -2.32. The summed E-state index contributed by atoms with van der Waals surface area (Å²) in [6, 6.07) is 3.81. The largest absolute Gasteiger partial charge is 0.393 e. The molecule has 0 bridgehead atoms. The molecule has 1 aliphatic carbocycles. The van der Waals surface area contributed by atoms with Crippen molar-refractivity contribution >= 4 is 27.4 Å². The van der Waals surface area contributed by atoms with E-state index in [1.54, 1.807) is 23.7 Å². The fourth-order valence-corrected chi connectivity index (χ4v) is 5.23. The van der Waals surface area contributed by atoms with Crippen LogP contribution in [-0.4, -0.2) is 45.4 Å². The number of alkyl halides is 1. The summed E-state index contributed by atoms with van der Waals surface area (Å²) in [6.45, 7) is 0.280. The molecular weight excluding hydrogens is 351 g/mol. The van der Waals surface area contributed by atoms with Crippen LogP contribution in [0, 0.1) is 0 Å². The molecule has 3 aromatic heterocycles. The summed E-state index contributed by atoms with van der Waals surface area (Å²) in [6.07, 6.45) is 7.08. The number of halogens is 1. The maximum atomic E-state index is 14.7. The third-order valence-electron chi connectivity index (χ3n) is 5.35. The summed E-state index contributed by atoms with van der Waals surface area (Å²) in [4.78, 5) is 18.1. The molecule has 0 radical (unpaired) electrons. The van der Waals surface area contributed by atoms with Gasteiger partial charge in [0.1, 0.15) is 10.6 Å². The number of aliphatic hydroxyl groups is 1. The standard InChI is InChI=1S/C19H19FN4OS/c20-19(11-25)6-8-24(10-19)17-15-13-4-1-5-14(13)26-18(15)23-16(22-17)12-3-2-7-21-9-12/h2-3,7,9,25H,1,4-6,8,10-11H2. The Hall–Kier alpha value is -2.12. The number of hydrogen-bond acceptors (Lipinski definition) is 6. The summed E-state index contributed by atoms with van der Waals surface area (Å²) in [5, 5.41) is 10.5. The highest BCUT2D eigenvalue weighted by Crippen LogP contribution is 2.43. The molecule has 1 fully saturated rings. The Bertz CT molecular complexity index is 977. The van der Waals surface area contributed by atoms with Crippen molar-refractivity contribution in [2.45, 2.75) is 31.4 Å². The minimum atomic E-state index is -1.55. The van der Waals surface area contributed by atoms with Gasteiger partial charge < -0.3 is 10.0 Å². The molecule has 0 saturated carbocycles. The van der Waals surface area contributed by atoms with E-state index < -0.39 is 12.3 Å². The molecular formula is C19H19FN4OS. The second-order valence-electron chi connectivity index (χ2n) is 7.13. The van der Waals surface area contributed by atoms with Gasteiger partial charge in [0.15, 0.2) is 11.5 Å². The fourth-order valence-electron chi connectivity index (χ4n) is 3.97. The third-order valence-corrected chi connectivity index (χ3v) is 6.54. The lowest BCUT2D eigenvalue weighted by atomic mass is 10.1. The molecule has 2 aliphatic rings. The van der Waals surface area contributed by atoms with Crippen LogP contribution in [0.15, 0.2) is 24.5 Å². The van der Waals surface area contributed by atoms with Crippen molar-refractivity contribution < 1.29 is 9.50 Å². The molecule has 5 nitrogen and oxygen atoms in total. The maximum Gasteiger partial charge on any atom is 0.164 e. The monoisotopic (exact) mass is 370 g/mol. The number of hydrogen-bond donors (Lipinski definition) is 1. The van der Waals surface area contributed by atoms with E-state index in [0.29, 0.717) is 18.8 Å². The van der Waals surface area contributed by atoms with Crippen molar-refractivity contribution in [3.8, 4) is 11.4 Å².